The number of ether oxygens (including phenoxy) is 1. The highest BCUT2D eigenvalue weighted by Crippen LogP contribution is 2.15. The third kappa shape index (κ3) is 5.42. The lowest BCUT2D eigenvalue weighted by atomic mass is 9.97. The molecule has 0 saturated carbocycles. The monoisotopic (exact) mass is 192 g/mol. The van der Waals surface area contributed by atoms with Gasteiger partial charge in [-0.1, -0.05) is 0 Å². The van der Waals surface area contributed by atoms with Crippen LogP contribution >= 0.6 is 11.6 Å². The van der Waals surface area contributed by atoms with E-state index >= 15 is 0 Å². The Labute approximate surface area is 79.2 Å². The Bertz CT molecular complexity index is 147. The normalized spacial score (nSPS) is 14.1. The SMILES string of the molecule is CC(Cl)CCOC(=O)C(C)(C)C. The maximum Gasteiger partial charge on any atom is 0.311 e. The molecule has 3 heteroatoms. The van der Waals surface area contributed by atoms with Crippen molar-refractivity contribution in [1.82, 2.24) is 0 Å². The van der Waals surface area contributed by atoms with Crippen LogP contribution in [0.2, 0.25) is 0 Å². The average Bonchev–Trinajstić information content (AvgIpc) is 1.84. The molecule has 0 bridgehead atoms. The molecular formula is C9H17ClO2. The number of rotatable bonds is 3. The maximum atomic E-state index is 11.2. The highest BCUT2D eigenvalue weighted by molar-refractivity contribution is 6.20. The van der Waals surface area contributed by atoms with E-state index in [1.165, 1.54) is 0 Å². The van der Waals surface area contributed by atoms with Crippen molar-refractivity contribution in [3.05, 3.63) is 0 Å². The lowest BCUT2D eigenvalue weighted by Gasteiger charge is -2.16. The van der Waals surface area contributed by atoms with Crippen LogP contribution in [0.3, 0.4) is 0 Å². The van der Waals surface area contributed by atoms with Crippen LogP contribution in [0.5, 0.6) is 0 Å². The van der Waals surface area contributed by atoms with Crippen molar-refractivity contribution < 1.29 is 9.53 Å². The van der Waals surface area contributed by atoms with Gasteiger partial charge in [-0.25, -0.2) is 0 Å². The summed E-state index contributed by atoms with van der Waals surface area (Å²) in [5, 5.41) is 0.0674. The molecule has 0 fully saturated rings. The van der Waals surface area contributed by atoms with Crippen LogP contribution in [0.1, 0.15) is 34.1 Å². The van der Waals surface area contributed by atoms with Gasteiger partial charge in [0, 0.05) is 5.38 Å². The zero-order valence-corrected chi connectivity index (χ0v) is 8.94. The lowest BCUT2D eigenvalue weighted by Crippen LogP contribution is -2.23. The van der Waals surface area contributed by atoms with Crippen molar-refractivity contribution in [2.45, 2.75) is 39.5 Å². The largest absolute Gasteiger partial charge is 0.465 e. The molecule has 0 spiro atoms. The van der Waals surface area contributed by atoms with Crippen LogP contribution in [0.4, 0.5) is 0 Å². The van der Waals surface area contributed by atoms with Gasteiger partial charge >= 0.3 is 5.97 Å². The molecule has 0 aliphatic rings. The van der Waals surface area contributed by atoms with Crippen molar-refractivity contribution in [2.75, 3.05) is 6.61 Å². The molecule has 72 valence electrons. The lowest BCUT2D eigenvalue weighted by molar-refractivity contribution is -0.152. The number of alkyl halides is 1. The highest BCUT2D eigenvalue weighted by Gasteiger charge is 2.22. The predicted octanol–water partition coefficient (Wildman–Crippen LogP) is 2.59. The number of hydrogen-bond acceptors (Lipinski definition) is 2. The van der Waals surface area contributed by atoms with E-state index in [-0.39, 0.29) is 11.3 Å². The summed E-state index contributed by atoms with van der Waals surface area (Å²) in [6.45, 7) is 7.80. The number of hydrogen-bond donors (Lipinski definition) is 0. The molecule has 12 heavy (non-hydrogen) atoms. The molecule has 2 nitrogen and oxygen atoms in total. The first-order valence-corrected chi connectivity index (χ1v) is 4.59. The summed E-state index contributed by atoms with van der Waals surface area (Å²) in [5.41, 5.74) is -0.407. The molecule has 1 atom stereocenters. The van der Waals surface area contributed by atoms with Gasteiger partial charge in [-0.3, -0.25) is 4.79 Å². The van der Waals surface area contributed by atoms with Crippen LogP contribution in [0, 0.1) is 5.41 Å². The first-order chi connectivity index (χ1) is 5.34. The minimum absolute atomic E-state index is 0.0674. The zero-order valence-electron chi connectivity index (χ0n) is 8.19. The van der Waals surface area contributed by atoms with Crippen LogP contribution in [-0.4, -0.2) is 18.0 Å². The van der Waals surface area contributed by atoms with Crippen LogP contribution in [0.25, 0.3) is 0 Å². The van der Waals surface area contributed by atoms with Crippen molar-refractivity contribution in [1.29, 1.82) is 0 Å². The number of esters is 1. The van der Waals surface area contributed by atoms with Crippen molar-refractivity contribution in [3.8, 4) is 0 Å². The van der Waals surface area contributed by atoms with E-state index in [0.717, 1.165) is 0 Å². The summed E-state index contributed by atoms with van der Waals surface area (Å²) < 4.78 is 4.99. The third-order valence-corrected chi connectivity index (χ3v) is 1.58. The Morgan fingerprint density at radius 3 is 2.33 bits per heavy atom. The van der Waals surface area contributed by atoms with E-state index in [4.69, 9.17) is 16.3 Å². The quantitative estimate of drug-likeness (QED) is 0.508. The summed E-state index contributed by atoms with van der Waals surface area (Å²) in [4.78, 5) is 11.2. The first kappa shape index (κ1) is 11.8. The second-order valence-electron chi connectivity index (χ2n) is 3.96. The van der Waals surface area contributed by atoms with Gasteiger partial charge in [-0.05, 0) is 34.1 Å². The minimum atomic E-state index is -0.407. The van der Waals surface area contributed by atoms with Crippen molar-refractivity contribution in [2.24, 2.45) is 5.41 Å². The highest BCUT2D eigenvalue weighted by atomic mass is 35.5. The molecule has 0 aromatic heterocycles. The predicted molar refractivity (Wildman–Crippen MR) is 50.3 cm³/mol. The molecule has 0 saturated heterocycles. The Hall–Kier alpha value is -0.240. The van der Waals surface area contributed by atoms with Crippen LogP contribution in [0.15, 0.2) is 0 Å². The Kier molecular flexibility index (Phi) is 4.61. The molecule has 1 unspecified atom stereocenters. The first-order valence-electron chi connectivity index (χ1n) is 4.15. The average molecular weight is 193 g/mol. The van der Waals surface area contributed by atoms with E-state index in [2.05, 4.69) is 0 Å². The number of carbonyl (C=O) groups excluding carboxylic acids is 1. The molecule has 0 rings (SSSR count). The molecular weight excluding hydrogens is 176 g/mol. The summed E-state index contributed by atoms with van der Waals surface area (Å²) in [6, 6.07) is 0. The number of carbonyl (C=O) groups is 1. The molecule has 0 aliphatic heterocycles. The molecule has 0 aliphatic carbocycles. The molecule has 0 amide bonds. The fourth-order valence-corrected chi connectivity index (χ4v) is 0.620. The third-order valence-electron chi connectivity index (χ3n) is 1.36. The van der Waals surface area contributed by atoms with Crippen LogP contribution < -0.4 is 0 Å². The fraction of sp³-hybridized carbons (Fsp3) is 0.889. The van der Waals surface area contributed by atoms with Crippen molar-refractivity contribution in [3.63, 3.8) is 0 Å². The summed E-state index contributed by atoms with van der Waals surface area (Å²) in [5.74, 6) is -0.167. The van der Waals surface area contributed by atoms with Gasteiger partial charge in [0.25, 0.3) is 0 Å². The van der Waals surface area contributed by atoms with E-state index in [1.807, 2.05) is 27.7 Å². The van der Waals surface area contributed by atoms with E-state index < -0.39 is 5.41 Å². The molecule has 0 N–H and O–H groups in total. The Balaban J connectivity index is 3.59. The van der Waals surface area contributed by atoms with Crippen LogP contribution in [-0.2, 0) is 9.53 Å². The van der Waals surface area contributed by atoms with Gasteiger partial charge in [0.15, 0.2) is 0 Å². The second kappa shape index (κ2) is 4.70. The Morgan fingerprint density at radius 2 is 2.00 bits per heavy atom. The van der Waals surface area contributed by atoms with Gasteiger partial charge in [-0.15, -0.1) is 11.6 Å². The topological polar surface area (TPSA) is 26.3 Å². The minimum Gasteiger partial charge on any atom is -0.465 e. The molecule has 0 aromatic rings. The van der Waals surface area contributed by atoms with Gasteiger partial charge < -0.3 is 4.74 Å². The Morgan fingerprint density at radius 1 is 1.50 bits per heavy atom. The number of halogens is 1. The van der Waals surface area contributed by atoms with Crippen molar-refractivity contribution >= 4 is 17.6 Å². The van der Waals surface area contributed by atoms with Gasteiger partial charge in [0.2, 0.25) is 0 Å². The molecule has 0 aromatic carbocycles. The van der Waals surface area contributed by atoms with E-state index in [9.17, 15) is 4.79 Å². The van der Waals surface area contributed by atoms with Gasteiger partial charge in [0.1, 0.15) is 0 Å². The summed E-state index contributed by atoms with van der Waals surface area (Å²) in [7, 11) is 0. The zero-order chi connectivity index (χ0) is 9.78. The summed E-state index contributed by atoms with van der Waals surface area (Å²) >= 11 is 5.68. The van der Waals surface area contributed by atoms with E-state index in [1.54, 1.807) is 0 Å². The molecule has 0 heterocycles. The maximum absolute atomic E-state index is 11.2. The fourth-order valence-electron chi connectivity index (χ4n) is 0.531. The van der Waals surface area contributed by atoms with E-state index in [0.29, 0.717) is 13.0 Å². The smallest absolute Gasteiger partial charge is 0.311 e. The van der Waals surface area contributed by atoms with Gasteiger partial charge in [-0.2, -0.15) is 0 Å². The molecule has 0 radical (unpaired) electrons. The standard InChI is InChI=1S/C9H17ClO2/c1-7(10)5-6-12-8(11)9(2,3)4/h7H,5-6H2,1-4H3. The second-order valence-corrected chi connectivity index (χ2v) is 4.70. The summed E-state index contributed by atoms with van der Waals surface area (Å²) in [6.07, 6.45) is 0.712. The van der Waals surface area contributed by atoms with Gasteiger partial charge in [0.05, 0.1) is 12.0 Å².